The number of rotatable bonds is 4. The SMILES string of the molecule is NC(=O)c1cccc2c1c1[c]cc(-c3ccc(Cl)cc3Cl)cc1n2Cc1cc(F)cc(F)c1. The Hall–Kier alpha value is -3.41. The summed E-state index contributed by atoms with van der Waals surface area (Å²) in [5.41, 5.74) is 9.36. The molecule has 1 heterocycles. The Bertz CT molecular complexity index is 1560. The molecule has 0 aliphatic heterocycles. The minimum Gasteiger partial charge on any atom is -0.366 e. The number of carbonyl (C=O) groups excluding carboxylic acids is 1. The highest BCUT2D eigenvalue weighted by molar-refractivity contribution is 6.36. The monoisotopic (exact) mass is 479 g/mol. The topological polar surface area (TPSA) is 48.0 Å². The maximum atomic E-state index is 13.9. The van der Waals surface area contributed by atoms with Crippen LogP contribution < -0.4 is 5.73 Å². The van der Waals surface area contributed by atoms with Crippen molar-refractivity contribution in [2.45, 2.75) is 6.54 Å². The molecule has 1 amide bonds. The van der Waals surface area contributed by atoms with Crippen LogP contribution in [0.15, 0.2) is 66.7 Å². The van der Waals surface area contributed by atoms with E-state index in [0.29, 0.717) is 43.0 Å². The van der Waals surface area contributed by atoms with Crippen molar-refractivity contribution < 1.29 is 13.6 Å². The van der Waals surface area contributed by atoms with E-state index in [-0.39, 0.29) is 6.54 Å². The summed E-state index contributed by atoms with van der Waals surface area (Å²) in [4.78, 5) is 12.2. The van der Waals surface area contributed by atoms with E-state index in [0.717, 1.165) is 17.2 Å². The summed E-state index contributed by atoms with van der Waals surface area (Å²) in [6, 6.07) is 20.7. The van der Waals surface area contributed by atoms with Crippen LogP contribution in [0.3, 0.4) is 0 Å². The number of nitrogens with two attached hydrogens (primary N) is 1. The third-order valence-electron chi connectivity index (χ3n) is 5.57. The molecule has 5 rings (SSSR count). The predicted octanol–water partition coefficient (Wildman–Crippen LogP) is 6.99. The van der Waals surface area contributed by atoms with Gasteiger partial charge in [-0.3, -0.25) is 4.79 Å². The van der Waals surface area contributed by atoms with Crippen LogP contribution in [0, 0.1) is 17.7 Å². The molecule has 163 valence electrons. The van der Waals surface area contributed by atoms with Gasteiger partial charge < -0.3 is 10.3 Å². The van der Waals surface area contributed by atoms with Crippen LogP contribution in [0.25, 0.3) is 32.9 Å². The molecule has 0 saturated heterocycles. The molecule has 0 bridgehead atoms. The Balaban J connectivity index is 1.81. The molecule has 1 radical (unpaired) electrons. The van der Waals surface area contributed by atoms with Gasteiger partial charge in [-0.2, -0.15) is 0 Å². The number of nitrogens with zero attached hydrogens (tertiary/aromatic N) is 1. The van der Waals surface area contributed by atoms with E-state index in [9.17, 15) is 13.6 Å². The lowest BCUT2D eigenvalue weighted by atomic mass is 10.0. The van der Waals surface area contributed by atoms with Gasteiger partial charge in [0.05, 0.1) is 11.0 Å². The van der Waals surface area contributed by atoms with Crippen molar-refractivity contribution in [3.05, 3.63) is 106 Å². The summed E-state index contributed by atoms with van der Waals surface area (Å²) in [5, 5.41) is 2.29. The first-order valence-corrected chi connectivity index (χ1v) is 10.7. The normalized spacial score (nSPS) is 11.4. The van der Waals surface area contributed by atoms with Crippen molar-refractivity contribution in [1.82, 2.24) is 4.57 Å². The number of hydrogen-bond acceptors (Lipinski definition) is 1. The van der Waals surface area contributed by atoms with Crippen LogP contribution in [-0.2, 0) is 6.54 Å². The molecule has 4 aromatic carbocycles. The molecule has 0 saturated carbocycles. The van der Waals surface area contributed by atoms with E-state index in [1.165, 1.54) is 12.1 Å². The van der Waals surface area contributed by atoms with Crippen LogP contribution in [-0.4, -0.2) is 10.5 Å². The van der Waals surface area contributed by atoms with E-state index in [2.05, 4.69) is 6.07 Å². The van der Waals surface area contributed by atoms with E-state index < -0.39 is 17.5 Å². The van der Waals surface area contributed by atoms with Crippen LogP contribution >= 0.6 is 23.2 Å². The number of benzene rings is 4. The van der Waals surface area contributed by atoms with E-state index >= 15 is 0 Å². The Morgan fingerprint density at radius 2 is 1.73 bits per heavy atom. The molecule has 2 N–H and O–H groups in total. The minimum atomic E-state index is -0.663. The fourth-order valence-corrected chi connectivity index (χ4v) is 4.71. The minimum absolute atomic E-state index is 0.169. The summed E-state index contributed by atoms with van der Waals surface area (Å²) < 4.78 is 29.6. The highest BCUT2D eigenvalue weighted by Gasteiger charge is 2.18. The zero-order valence-electron chi connectivity index (χ0n) is 17.0. The zero-order chi connectivity index (χ0) is 23.3. The molecular weight excluding hydrogens is 465 g/mol. The lowest BCUT2D eigenvalue weighted by Crippen LogP contribution is -2.11. The van der Waals surface area contributed by atoms with Crippen LogP contribution in [0.1, 0.15) is 15.9 Å². The van der Waals surface area contributed by atoms with Crippen molar-refractivity contribution in [3.8, 4) is 11.1 Å². The summed E-state index contributed by atoms with van der Waals surface area (Å²) in [5.74, 6) is -1.90. The molecule has 1 aromatic heterocycles. The largest absolute Gasteiger partial charge is 0.366 e. The number of carbonyl (C=O) groups is 1. The van der Waals surface area contributed by atoms with Gasteiger partial charge in [0, 0.05) is 44.6 Å². The van der Waals surface area contributed by atoms with Gasteiger partial charge in [-0.15, -0.1) is 0 Å². The summed E-state index contributed by atoms with van der Waals surface area (Å²) in [7, 11) is 0. The Morgan fingerprint density at radius 1 is 0.970 bits per heavy atom. The lowest BCUT2D eigenvalue weighted by molar-refractivity contribution is 0.100. The fourth-order valence-electron chi connectivity index (χ4n) is 4.20. The van der Waals surface area contributed by atoms with Gasteiger partial charge in [-0.25, -0.2) is 8.78 Å². The average molecular weight is 480 g/mol. The third-order valence-corrected chi connectivity index (χ3v) is 6.11. The predicted molar refractivity (Wildman–Crippen MR) is 128 cm³/mol. The maximum Gasteiger partial charge on any atom is 0.249 e. The number of aromatic nitrogens is 1. The van der Waals surface area contributed by atoms with Gasteiger partial charge in [0.2, 0.25) is 5.91 Å². The molecule has 0 unspecified atom stereocenters. The molecule has 0 spiro atoms. The highest BCUT2D eigenvalue weighted by atomic mass is 35.5. The van der Waals surface area contributed by atoms with Crippen molar-refractivity contribution in [3.63, 3.8) is 0 Å². The highest BCUT2D eigenvalue weighted by Crippen LogP contribution is 2.37. The van der Waals surface area contributed by atoms with Crippen molar-refractivity contribution in [2.75, 3.05) is 0 Å². The molecule has 33 heavy (non-hydrogen) atoms. The third kappa shape index (κ3) is 3.84. The first-order valence-electron chi connectivity index (χ1n) is 9.98. The smallest absolute Gasteiger partial charge is 0.249 e. The molecular formula is C26H15Cl2F2N2O. The Kier molecular flexibility index (Phi) is 5.31. The summed E-state index contributed by atoms with van der Waals surface area (Å²) in [6.45, 7) is 0.169. The van der Waals surface area contributed by atoms with Crippen molar-refractivity contribution >= 4 is 50.9 Å². The lowest BCUT2D eigenvalue weighted by Gasteiger charge is -2.10. The Morgan fingerprint density at radius 3 is 2.42 bits per heavy atom. The van der Waals surface area contributed by atoms with Gasteiger partial charge in [-0.05, 0) is 65.7 Å². The zero-order valence-corrected chi connectivity index (χ0v) is 18.5. The molecule has 0 atom stereocenters. The second-order valence-corrected chi connectivity index (χ2v) is 8.54. The van der Waals surface area contributed by atoms with Crippen molar-refractivity contribution in [1.29, 1.82) is 0 Å². The van der Waals surface area contributed by atoms with Gasteiger partial charge >= 0.3 is 0 Å². The van der Waals surface area contributed by atoms with E-state index in [1.54, 1.807) is 30.3 Å². The van der Waals surface area contributed by atoms with Crippen LogP contribution in [0.2, 0.25) is 10.0 Å². The first-order chi connectivity index (χ1) is 15.8. The van der Waals surface area contributed by atoms with Crippen LogP contribution in [0.4, 0.5) is 8.78 Å². The maximum absolute atomic E-state index is 13.9. The Labute approximate surface area is 197 Å². The molecule has 0 aliphatic rings. The summed E-state index contributed by atoms with van der Waals surface area (Å²) in [6.07, 6.45) is 0. The number of amides is 1. The fraction of sp³-hybridized carbons (Fsp3) is 0.0385. The van der Waals surface area contributed by atoms with E-state index in [4.69, 9.17) is 28.9 Å². The molecule has 5 aromatic rings. The second-order valence-electron chi connectivity index (χ2n) is 7.70. The first kappa shape index (κ1) is 21.4. The average Bonchev–Trinajstić information content (AvgIpc) is 3.06. The summed E-state index contributed by atoms with van der Waals surface area (Å²) >= 11 is 12.5. The van der Waals surface area contributed by atoms with Gasteiger partial charge in [0.25, 0.3) is 0 Å². The van der Waals surface area contributed by atoms with Crippen molar-refractivity contribution in [2.24, 2.45) is 5.73 Å². The number of primary amides is 1. The van der Waals surface area contributed by atoms with Gasteiger partial charge in [0.15, 0.2) is 0 Å². The quantitative estimate of drug-likeness (QED) is 0.296. The van der Waals surface area contributed by atoms with Gasteiger partial charge in [0.1, 0.15) is 11.6 Å². The number of hydrogen-bond donors (Lipinski definition) is 1. The molecule has 0 aliphatic carbocycles. The van der Waals surface area contributed by atoms with Crippen LogP contribution in [0.5, 0.6) is 0 Å². The molecule has 7 heteroatoms. The number of fused-ring (bicyclic) bond motifs is 3. The second kappa shape index (κ2) is 8.18. The number of halogens is 4. The molecule has 0 fully saturated rings. The van der Waals surface area contributed by atoms with E-state index in [1.807, 2.05) is 22.8 Å². The standard InChI is InChI=1S/C26H15Cl2F2N2O/c27-16-5-7-19(22(28)11-16)15-4-6-20-24(10-15)32(13-14-8-17(29)12-18(30)9-14)23-3-1-2-21(25(20)23)26(31)33/h1-5,7-12H,13H2,(H2,31,33). The van der Waals surface area contributed by atoms with Gasteiger partial charge in [-0.1, -0.05) is 35.3 Å². The molecule has 3 nitrogen and oxygen atoms in total.